The Bertz CT molecular complexity index is 664. The van der Waals surface area contributed by atoms with Crippen molar-refractivity contribution in [3.63, 3.8) is 0 Å². The lowest BCUT2D eigenvalue weighted by Crippen LogP contribution is -2.08. The first-order chi connectivity index (χ1) is 10.1. The van der Waals surface area contributed by atoms with Crippen LogP contribution in [-0.2, 0) is 19.0 Å². The summed E-state index contributed by atoms with van der Waals surface area (Å²) in [5, 5.41) is 11.0. The summed E-state index contributed by atoms with van der Waals surface area (Å²) in [7, 11) is 0. The summed E-state index contributed by atoms with van der Waals surface area (Å²) in [5.41, 5.74) is -2.25. The van der Waals surface area contributed by atoms with E-state index in [9.17, 15) is 26.3 Å². The van der Waals surface area contributed by atoms with Crippen LogP contribution in [0.1, 0.15) is 16.1 Å². The van der Waals surface area contributed by atoms with E-state index in [0.29, 0.717) is 11.3 Å². The smallest absolute Gasteiger partial charge is 0.391 e. The summed E-state index contributed by atoms with van der Waals surface area (Å²) < 4.78 is 75.7. The lowest BCUT2D eigenvalue weighted by Gasteiger charge is -2.09. The van der Waals surface area contributed by atoms with Crippen molar-refractivity contribution < 1.29 is 31.4 Å². The molecule has 2 rings (SSSR count). The number of benzene rings is 1. The third-order valence-corrected chi connectivity index (χ3v) is 3.51. The van der Waals surface area contributed by atoms with Crippen molar-refractivity contribution >= 4 is 22.2 Å². The van der Waals surface area contributed by atoms with Gasteiger partial charge in [-0.05, 0) is 18.2 Å². The van der Waals surface area contributed by atoms with Gasteiger partial charge in [-0.25, -0.2) is 4.98 Å². The molecule has 1 heterocycles. The minimum atomic E-state index is -4.75. The number of nitrogens with zero attached hydrogens (tertiary/aromatic N) is 1. The van der Waals surface area contributed by atoms with E-state index in [1.165, 1.54) is 6.07 Å². The Kier molecular flexibility index (Phi) is 4.34. The summed E-state index contributed by atoms with van der Waals surface area (Å²) in [5.74, 6) is 0. The van der Waals surface area contributed by atoms with Crippen molar-refractivity contribution in [2.24, 2.45) is 0 Å². The summed E-state index contributed by atoms with van der Waals surface area (Å²) >= 11 is 0.521. The van der Waals surface area contributed by atoms with Gasteiger partial charge in [0.05, 0.1) is 17.0 Å². The first-order valence-corrected chi connectivity index (χ1v) is 6.55. The van der Waals surface area contributed by atoms with Gasteiger partial charge in [-0.15, -0.1) is 0 Å². The molecular weight excluding hydrogens is 334 g/mol. The first kappa shape index (κ1) is 16.6. The minimum absolute atomic E-state index is 0.0539. The number of hydrogen-bond donors (Lipinski definition) is 2. The number of anilines is 2. The molecule has 0 saturated heterocycles. The average molecular weight is 342 g/mol. The second-order valence-electron chi connectivity index (χ2n) is 4.15. The Morgan fingerprint density at radius 3 is 2.27 bits per heavy atom. The number of thiazole rings is 1. The normalized spacial score (nSPS) is 12.5. The van der Waals surface area contributed by atoms with Crippen LogP contribution in [0.15, 0.2) is 24.3 Å². The van der Waals surface area contributed by atoms with Gasteiger partial charge in [0.2, 0.25) is 0 Å². The van der Waals surface area contributed by atoms with Crippen LogP contribution in [0.25, 0.3) is 0 Å². The highest BCUT2D eigenvalue weighted by atomic mass is 32.1. The molecule has 22 heavy (non-hydrogen) atoms. The van der Waals surface area contributed by atoms with Crippen LogP contribution >= 0.6 is 11.3 Å². The van der Waals surface area contributed by atoms with Crippen LogP contribution in [-0.4, -0.2) is 10.1 Å². The monoisotopic (exact) mass is 342 g/mol. The number of aliphatic hydroxyl groups excluding tert-OH is 1. The molecule has 0 spiro atoms. The van der Waals surface area contributed by atoms with Crippen molar-refractivity contribution in [3.8, 4) is 0 Å². The van der Waals surface area contributed by atoms with E-state index in [1.807, 2.05) is 0 Å². The third-order valence-electron chi connectivity index (χ3n) is 2.55. The van der Waals surface area contributed by atoms with Gasteiger partial charge in [0, 0.05) is 5.69 Å². The van der Waals surface area contributed by atoms with E-state index in [4.69, 9.17) is 5.11 Å². The van der Waals surface area contributed by atoms with E-state index >= 15 is 0 Å². The second-order valence-corrected chi connectivity index (χ2v) is 5.23. The highest BCUT2D eigenvalue weighted by molar-refractivity contribution is 7.15. The molecule has 0 amide bonds. The van der Waals surface area contributed by atoms with Crippen molar-refractivity contribution in [2.75, 3.05) is 5.32 Å². The standard InChI is InChI=1S/C12H8F6N2OS/c13-11(14,15)6-2-1-3-7(4-6)19-10-20-9(12(16,17)18)8(5-21)22-10/h1-4,21H,5H2,(H,19,20). The van der Waals surface area contributed by atoms with Gasteiger partial charge in [-0.3, -0.25) is 0 Å². The highest BCUT2D eigenvalue weighted by Gasteiger charge is 2.37. The van der Waals surface area contributed by atoms with E-state index in [2.05, 4.69) is 10.3 Å². The van der Waals surface area contributed by atoms with Crippen molar-refractivity contribution in [1.82, 2.24) is 4.98 Å². The van der Waals surface area contributed by atoms with E-state index < -0.39 is 35.1 Å². The number of rotatable bonds is 3. The van der Waals surface area contributed by atoms with Crippen LogP contribution in [0.3, 0.4) is 0 Å². The third kappa shape index (κ3) is 3.69. The van der Waals surface area contributed by atoms with Crippen molar-refractivity contribution in [2.45, 2.75) is 19.0 Å². The van der Waals surface area contributed by atoms with E-state index in [-0.39, 0.29) is 10.8 Å². The number of nitrogens with one attached hydrogen (secondary N) is 1. The first-order valence-electron chi connectivity index (χ1n) is 5.73. The Labute approximate surface area is 124 Å². The molecule has 1 aromatic heterocycles. The van der Waals surface area contributed by atoms with Gasteiger partial charge in [0.15, 0.2) is 10.8 Å². The molecule has 0 atom stereocenters. The molecule has 1 aromatic carbocycles. The maximum atomic E-state index is 12.7. The van der Waals surface area contributed by atoms with Crippen LogP contribution in [0.5, 0.6) is 0 Å². The molecule has 0 fully saturated rings. The maximum Gasteiger partial charge on any atom is 0.434 e. The molecule has 2 N–H and O–H groups in total. The molecule has 10 heteroatoms. The molecule has 0 aliphatic carbocycles. The van der Waals surface area contributed by atoms with Crippen LogP contribution in [0.2, 0.25) is 0 Å². The lowest BCUT2D eigenvalue weighted by atomic mass is 10.2. The molecule has 0 saturated carbocycles. The van der Waals surface area contributed by atoms with Gasteiger partial charge in [-0.1, -0.05) is 17.4 Å². The molecule has 0 aliphatic heterocycles. The molecule has 0 aliphatic rings. The zero-order valence-electron chi connectivity index (χ0n) is 10.6. The van der Waals surface area contributed by atoms with Crippen LogP contribution in [0, 0.1) is 0 Å². The van der Waals surface area contributed by atoms with E-state index in [1.54, 1.807) is 0 Å². The number of alkyl halides is 6. The Morgan fingerprint density at radius 1 is 1.09 bits per heavy atom. The number of aliphatic hydroxyl groups is 1. The Morgan fingerprint density at radius 2 is 1.77 bits per heavy atom. The van der Waals surface area contributed by atoms with Gasteiger partial charge in [0.1, 0.15) is 0 Å². The summed E-state index contributed by atoms with van der Waals surface area (Å²) in [4.78, 5) is 2.87. The Hall–Kier alpha value is -1.81. The highest BCUT2D eigenvalue weighted by Crippen LogP contribution is 2.37. The van der Waals surface area contributed by atoms with Gasteiger partial charge in [0.25, 0.3) is 0 Å². The zero-order chi connectivity index (χ0) is 16.5. The predicted octanol–water partition coefficient (Wildman–Crippen LogP) is 4.42. The fourth-order valence-electron chi connectivity index (χ4n) is 1.63. The Balaban J connectivity index is 2.30. The molecular formula is C12H8F6N2OS. The zero-order valence-corrected chi connectivity index (χ0v) is 11.4. The van der Waals surface area contributed by atoms with Crippen LogP contribution < -0.4 is 5.32 Å². The van der Waals surface area contributed by atoms with Gasteiger partial charge in [-0.2, -0.15) is 26.3 Å². The summed E-state index contributed by atoms with van der Waals surface area (Å²) in [6, 6.07) is 3.99. The van der Waals surface area contributed by atoms with Gasteiger partial charge >= 0.3 is 12.4 Å². The fourth-order valence-corrected chi connectivity index (χ4v) is 2.49. The SMILES string of the molecule is OCc1sc(Nc2cccc(C(F)(F)F)c2)nc1C(F)(F)F. The molecule has 0 radical (unpaired) electrons. The van der Waals surface area contributed by atoms with Crippen molar-refractivity contribution in [3.05, 3.63) is 40.4 Å². The number of hydrogen-bond acceptors (Lipinski definition) is 4. The average Bonchev–Trinajstić information content (AvgIpc) is 2.81. The quantitative estimate of drug-likeness (QED) is 0.812. The van der Waals surface area contributed by atoms with E-state index in [0.717, 1.165) is 18.2 Å². The topological polar surface area (TPSA) is 45.1 Å². The second kappa shape index (κ2) is 5.76. The fraction of sp³-hybridized carbons (Fsp3) is 0.250. The predicted molar refractivity (Wildman–Crippen MR) is 67.8 cm³/mol. The summed E-state index contributed by atoms with van der Waals surface area (Å²) in [6.07, 6.45) is -9.31. The number of aromatic nitrogens is 1. The largest absolute Gasteiger partial charge is 0.434 e. The molecule has 3 nitrogen and oxygen atoms in total. The summed E-state index contributed by atoms with van der Waals surface area (Å²) in [6.45, 7) is -0.864. The maximum absolute atomic E-state index is 12.7. The van der Waals surface area contributed by atoms with Crippen LogP contribution in [0.4, 0.5) is 37.2 Å². The minimum Gasteiger partial charge on any atom is -0.391 e. The lowest BCUT2D eigenvalue weighted by molar-refractivity contribution is -0.141. The molecule has 0 bridgehead atoms. The molecule has 120 valence electrons. The number of halogens is 6. The van der Waals surface area contributed by atoms with Gasteiger partial charge < -0.3 is 10.4 Å². The molecule has 0 unspecified atom stereocenters. The molecule has 2 aromatic rings. The van der Waals surface area contributed by atoms with Crippen molar-refractivity contribution in [1.29, 1.82) is 0 Å².